The van der Waals surface area contributed by atoms with Gasteiger partial charge in [0.1, 0.15) is 0 Å². The van der Waals surface area contributed by atoms with E-state index in [1.807, 2.05) is 23.6 Å². The highest BCUT2D eigenvalue weighted by Gasteiger charge is 2.22. The zero-order valence-electron chi connectivity index (χ0n) is 15.2. The SMILES string of the molecule is C=CCn1c(SC(C)C(=O)NCC2CCCCC2)nnc1-c1ccco1. The highest BCUT2D eigenvalue weighted by Crippen LogP contribution is 2.27. The van der Waals surface area contributed by atoms with Gasteiger partial charge in [0.2, 0.25) is 11.7 Å². The van der Waals surface area contributed by atoms with Gasteiger partial charge in [0.05, 0.1) is 11.5 Å². The summed E-state index contributed by atoms with van der Waals surface area (Å²) < 4.78 is 7.35. The number of carbonyl (C=O) groups is 1. The van der Waals surface area contributed by atoms with Crippen molar-refractivity contribution >= 4 is 17.7 Å². The van der Waals surface area contributed by atoms with Gasteiger partial charge in [-0.2, -0.15) is 0 Å². The van der Waals surface area contributed by atoms with Crippen LogP contribution in [-0.2, 0) is 11.3 Å². The summed E-state index contributed by atoms with van der Waals surface area (Å²) in [6, 6.07) is 3.66. The van der Waals surface area contributed by atoms with Crippen LogP contribution >= 0.6 is 11.8 Å². The largest absolute Gasteiger partial charge is 0.461 e. The Bertz CT molecular complexity index is 720. The van der Waals surface area contributed by atoms with Gasteiger partial charge in [-0.25, -0.2) is 0 Å². The van der Waals surface area contributed by atoms with E-state index in [0.717, 1.165) is 6.54 Å². The summed E-state index contributed by atoms with van der Waals surface area (Å²) in [7, 11) is 0. The lowest BCUT2D eigenvalue weighted by Crippen LogP contribution is -2.35. The summed E-state index contributed by atoms with van der Waals surface area (Å²) in [5.41, 5.74) is 0. The molecule has 0 bridgehead atoms. The van der Waals surface area contributed by atoms with Crippen molar-refractivity contribution in [3.05, 3.63) is 31.1 Å². The van der Waals surface area contributed by atoms with Crippen LogP contribution in [-0.4, -0.2) is 32.5 Å². The molecule has 1 saturated carbocycles. The van der Waals surface area contributed by atoms with E-state index < -0.39 is 0 Å². The Morgan fingerprint density at radius 3 is 2.96 bits per heavy atom. The molecule has 6 nitrogen and oxygen atoms in total. The van der Waals surface area contributed by atoms with Crippen LogP contribution in [0.25, 0.3) is 11.6 Å². The smallest absolute Gasteiger partial charge is 0.233 e. The maximum Gasteiger partial charge on any atom is 0.233 e. The number of hydrogen-bond acceptors (Lipinski definition) is 5. The van der Waals surface area contributed by atoms with E-state index in [0.29, 0.717) is 29.2 Å². The summed E-state index contributed by atoms with van der Waals surface area (Å²) in [6.07, 6.45) is 9.73. The highest BCUT2D eigenvalue weighted by molar-refractivity contribution is 8.00. The van der Waals surface area contributed by atoms with Gasteiger partial charge >= 0.3 is 0 Å². The molecule has 1 atom stereocenters. The van der Waals surface area contributed by atoms with Gasteiger partial charge in [0.15, 0.2) is 10.9 Å². The minimum Gasteiger partial charge on any atom is -0.461 e. The third-order valence-corrected chi connectivity index (χ3v) is 5.79. The monoisotopic (exact) mass is 374 g/mol. The maximum atomic E-state index is 12.5. The quantitative estimate of drug-likeness (QED) is 0.560. The lowest BCUT2D eigenvalue weighted by atomic mass is 9.89. The molecule has 2 heterocycles. The molecule has 2 aromatic rings. The lowest BCUT2D eigenvalue weighted by Gasteiger charge is -2.22. The molecule has 0 spiro atoms. The molecule has 0 aromatic carbocycles. The first kappa shape index (κ1) is 18.8. The fraction of sp³-hybridized carbons (Fsp3) is 0.526. The number of nitrogens with zero attached hydrogens (tertiary/aromatic N) is 3. The second kappa shape index (κ2) is 9.07. The number of rotatable bonds is 8. The van der Waals surface area contributed by atoms with Crippen LogP contribution in [0.15, 0.2) is 40.6 Å². The van der Waals surface area contributed by atoms with Crippen LogP contribution in [0, 0.1) is 5.92 Å². The summed E-state index contributed by atoms with van der Waals surface area (Å²) in [6.45, 7) is 7.04. The van der Waals surface area contributed by atoms with Gasteiger partial charge in [0.25, 0.3) is 0 Å². The maximum absolute atomic E-state index is 12.5. The summed E-state index contributed by atoms with van der Waals surface area (Å²) in [5.74, 6) is 1.97. The topological polar surface area (TPSA) is 73.0 Å². The van der Waals surface area contributed by atoms with Crippen LogP contribution in [0.4, 0.5) is 0 Å². The Balaban J connectivity index is 1.62. The third-order valence-electron chi connectivity index (χ3n) is 4.71. The molecule has 7 heteroatoms. The van der Waals surface area contributed by atoms with Crippen LogP contribution in [0.5, 0.6) is 0 Å². The van der Waals surface area contributed by atoms with Gasteiger partial charge in [-0.15, -0.1) is 16.8 Å². The first-order chi connectivity index (χ1) is 12.7. The minimum absolute atomic E-state index is 0.0493. The molecule has 1 amide bonds. The van der Waals surface area contributed by atoms with Crippen molar-refractivity contribution in [1.82, 2.24) is 20.1 Å². The molecule has 0 radical (unpaired) electrons. The van der Waals surface area contributed by atoms with Crippen molar-refractivity contribution in [2.45, 2.75) is 56.0 Å². The zero-order chi connectivity index (χ0) is 18.4. The minimum atomic E-state index is -0.240. The molecule has 0 saturated heterocycles. The summed E-state index contributed by atoms with van der Waals surface area (Å²) >= 11 is 1.41. The van der Waals surface area contributed by atoms with Crippen molar-refractivity contribution in [1.29, 1.82) is 0 Å². The van der Waals surface area contributed by atoms with Crippen LogP contribution in [0.1, 0.15) is 39.0 Å². The van der Waals surface area contributed by atoms with Crippen LogP contribution in [0.2, 0.25) is 0 Å². The van der Waals surface area contributed by atoms with Gasteiger partial charge in [0, 0.05) is 13.1 Å². The van der Waals surface area contributed by atoms with Crippen molar-refractivity contribution in [2.24, 2.45) is 5.92 Å². The Morgan fingerprint density at radius 2 is 2.27 bits per heavy atom. The Kier molecular flexibility index (Phi) is 6.55. The Labute approximate surface area is 158 Å². The number of nitrogens with one attached hydrogen (secondary N) is 1. The van der Waals surface area contributed by atoms with Crippen molar-refractivity contribution in [3.63, 3.8) is 0 Å². The number of carbonyl (C=O) groups excluding carboxylic acids is 1. The summed E-state index contributed by atoms with van der Waals surface area (Å²) in [4.78, 5) is 12.5. The van der Waals surface area contributed by atoms with Crippen molar-refractivity contribution < 1.29 is 9.21 Å². The third kappa shape index (κ3) is 4.58. The molecule has 1 N–H and O–H groups in total. The molecule has 1 unspecified atom stereocenters. The summed E-state index contributed by atoms with van der Waals surface area (Å²) in [5, 5.41) is 12.0. The molecule has 1 aliphatic carbocycles. The van der Waals surface area contributed by atoms with E-state index in [-0.39, 0.29) is 11.2 Å². The number of amides is 1. The molecule has 0 aliphatic heterocycles. The molecule has 1 aliphatic rings. The van der Waals surface area contributed by atoms with Gasteiger partial charge < -0.3 is 9.73 Å². The van der Waals surface area contributed by atoms with Gasteiger partial charge in [-0.1, -0.05) is 37.1 Å². The second-order valence-electron chi connectivity index (χ2n) is 6.69. The molecule has 2 aromatic heterocycles. The van der Waals surface area contributed by atoms with Gasteiger partial charge in [-0.05, 0) is 37.8 Å². The molecule has 3 rings (SSSR count). The van der Waals surface area contributed by atoms with E-state index in [1.165, 1.54) is 43.9 Å². The number of thioether (sulfide) groups is 1. The van der Waals surface area contributed by atoms with E-state index in [1.54, 1.807) is 12.3 Å². The second-order valence-corrected chi connectivity index (χ2v) is 8.00. The normalized spacial score (nSPS) is 16.3. The number of furan rings is 1. The highest BCUT2D eigenvalue weighted by atomic mass is 32.2. The van der Waals surface area contributed by atoms with Crippen LogP contribution in [0.3, 0.4) is 0 Å². The lowest BCUT2D eigenvalue weighted by molar-refractivity contribution is -0.120. The number of aromatic nitrogens is 3. The molecular formula is C19H26N4O2S. The van der Waals surface area contributed by atoms with Crippen molar-refractivity contribution in [3.8, 4) is 11.6 Å². The average molecular weight is 375 g/mol. The Morgan fingerprint density at radius 1 is 1.46 bits per heavy atom. The molecular weight excluding hydrogens is 348 g/mol. The fourth-order valence-electron chi connectivity index (χ4n) is 3.25. The fourth-order valence-corrected chi connectivity index (χ4v) is 4.13. The van der Waals surface area contributed by atoms with Crippen LogP contribution < -0.4 is 5.32 Å². The standard InChI is InChI=1S/C19H26N4O2S/c1-3-11-23-17(16-10-7-12-25-16)21-22-19(23)26-14(2)18(24)20-13-15-8-5-4-6-9-15/h3,7,10,12,14-15H,1,4-6,8-9,11,13H2,2H3,(H,20,24). The molecule has 26 heavy (non-hydrogen) atoms. The predicted octanol–water partition coefficient (Wildman–Crippen LogP) is 3.90. The van der Waals surface area contributed by atoms with E-state index in [4.69, 9.17) is 4.42 Å². The average Bonchev–Trinajstić information content (AvgIpc) is 3.31. The first-order valence-electron chi connectivity index (χ1n) is 9.21. The molecule has 140 valence electrons. The zero-order valence-corrected chi connectivity index (χ0v) is 16.0. The van der Waals surface area contributed by atoms with E-state index in [2.05, 4.69) is 22.1 Å². The number of allylic oxidation sites excluding steroid dienone is 1. The van der Waals surface area contributed by atoms with E-state index >= 15 is 0 Å². The van der Waals surface area contributed by atoms with Crippen molar-refractivity contribution in [2.75, 3.05) is 6.54 Å². The first-order valence-corrected chi connectivity index (χ1v) is 10.1. The van der Waals surface area contributed by atoms with Gasteiger partial charge in [-0.3, -0.25) is 9.36 Å². The Hall–Kier alpha value is -2.02. The predicted molar refractivity (Wildman–Crippen MR) is 103 cm³/mol. The van der Waals surface area contributed by atoms with E-state index in [9.17, 15) is 4.79 Å². The molecule has 1 fully saturated rings. The number of hydrogen-bond donors (Lipinski definition) is 1.